The van der Waals surface area contributed by atoms with Crippen LogP contribution in [0, 0.1) is 23.7 Å². The molecule has 7 heteroatoms. The minimum Gasteiger partial charge on any atom is -0.493 e. The number of nitrogens with zero attached hydrogens (tertiary/aromatic N) is 1. The fourth-order valence-electron chi connectivity index (χ4n) is 2.50. The molecule has 2 aromatic carbocycles. The largest absolute Gasteiger partial charge is 0.493 e. The van der Waals surface area contributed by atoms with Gasteiger partial charge in [0.15, 0.2) is 11.5 Å². The van der Waals surface area contributed by atoms with Crippen molar-refractivity contribution in [3.05, 3.63) is 53.6 Å². The van der Waals surface area contributed by atoms with Crippen molar-refractivity contribution >= 4 is 17.5 Å². The lowest BCUT2D eigenvalue weighted by Gasteiger charge is -2.12. The first-order valence-electron chi connectivity index (χ1n) is 8.90. The molecule has 0 aromatic heterocycles. The summed E-state index contributed by atoms with van der Waals surface area (Å²) in [6, 6.07) is 13.6. The van der Waals surface area contributed by atoms with Crippen LogP contribution in [0.15, 0.2) is 42.5 Å². The van der Waals surface area contributed by atoms with Crippen molar-refractivity contribution in [1.29, 1.82) is 5.26 Å². The highest BCUT2D eigenvalue weighted by molar-refractivity contribution is 6.03. The van der Waals surface area contributed by atoms with E-state index in [0.717, 1.165) is 0 Å². The van der Waals surface area contributed by atoms with Crippen LogP contribution in [0.5, 0.6) is 11.5 Å². The number of terminal acetylenes is 1. The molecule has 2 aromatic rings. The third kappa shape index (κ3) is 6.30. The normalized spacial score (nSPS) is 9.62. The van der Waals surface area contributed by atoms with Gasteiger partial charge in [-0.15, -0.1) is 6.42 Å². The Labute approximate surface area is 169 Å². The van der Waals surface area contributed by atoms with Crippen LogP contribution >= 0.6 is 0 Å². The van der Waals surface area contributed by atoms with E-state index in [4.69, 9.17) is 21.2 Å². The van der Waals surface area contributed by atoms with Crippen LogP contribution < -0.4 is 20.1 Å². The third-order valence-corrected chi connectivity index (χ3v) is 3.90. The van der Waals surface area contributed by atoms with Gasteiger partial charge in [-0.1, -0.05) is 18.1 Å². The highest BCUT2D eigenvalue weighted by Gasteiger charge is 2.12. The molecule has 7 nitrogen and oxygen atoms in total. The number of carbonyl (C=O) groups excluding carboxylic acids is 2. The SMILES string of the molecule is C#CCNC(=O)c1ccccc1NC(=O)CCCOc1ccc(C#N)cc1OC. The van der Waals surface area contributed by atoms with Crippen molar-refractivity contribution in [1.82, 2.24) is 5.32 Å². The number of carbonyl (C=O) groups is 2. The zero-order valence-corrected chi connectivity index (χ0v) is 16.0. The zero-order chi connectivity index (χ0) is 21.1. The first-order chi connectivity index (χ1) is 14.1. The molecule has 0 heterocycles. The van der Waals surface area contributed by atoms with E-state index in [1.165, 1.54) is 7.11 Å². The van der Waals surface area contributed by atoms with E-state index >= 15 is 0 Å². The lowest BCUT2D eigenvalue weighted by Crippen LogP contribution is -2.25. The molecule has 0 atom stereocenters. The number of benzene rings is 2. The molecule has 0 aliphatic rings. The fraction of sp³-hybridized carbons (Fsp3) is 0.227. The summed E-state index contributed by atoms with van der Waals surface area (Å²) in [6.07, 6.45) is 5.81. The average Bonchev–Trinajstić information content (AvgIpc) is 2.75. The first kappa shape index (κ1) is 21.3. The van der Waals surface area contributed by atoms with Crippen LogP contribution in [0.3, 0.4) is 0 Å². The summed E-state index contributed by atoms with van der Waals surface area (Å²) in [6.45, 7) is 0.400. The Morgan fingerprint density at radius 1 is 1.17 bits per heavy atom. The van der Waals surface area contributed by atoms with Gasteiger partial charge >= 0.3 is 0 Å². The van der Waals surface area contributed by atoms with Gasteiger partial charge in [0, 0.05) is 12.5 Å². The van der Waals surface area contributed by atoms with E-state index in [-0.39, 0.29) is 24.8 Å². The average molecular weight is 391 g/mol. The maximum Gasteiger partial charge on any atom is 0.254 e. The Kier molecular flexibility index (Phi) is 8.10. The molecule has 148 valence electrons. The number of rotatable bonds is 9. The second-order valence-corrected chi connectivity index (χ2v) is 5.91. The van der Waals surface area contributed by atoms with E-state index in [1.807, 2.05) is 6.07 Å². The van der Waals surface area contributed by atoms with Crippen LogP contribution in [0.1, 0.15) is 28.8 Å². The summed E-state index contributed by atoms with van der Waals surface area (Å²) < 4.78 is 10.8. The molecule has 0 unspecified atom stereocenters. The van der Waals surface area contributed by atoms with Gasteiger partial charge < -0.3 is 20.1 Å². The Hall–Kier alpha value is -3.97. The van der Waals surface area contributed by atoms with Crippen LogP contribution in [0.4, 0.5) is 5.69 Å². The molecule has 29 heavy (non-hydrogen) atoms. The maximum atomic E-state index is 12.2. The highest BCUT2D eigenvalue weighted by atomic mass is 16.5. The van der Waals surface area contributed by atoms with Crippen LogP contribution in [0.2, 0.25) is 0 Å². The predicted molar refractivity (Wildman–Crippen MR) is 109 cm³/mol. The number of nitrogens with one attached hydrogen (secondary N) is 2. The minimum absolute atomic E-state index is 0.108. The number of ether oxygens (including phenoxy) is 2. The third-order valence-electron chi connectivity index (χ3n) is 3.90. The number of hydrogen-bond donors (Lipinski definition) is 2. The standard InChI is InChI=1S/C22H21N3O4/c1-3-12-24-22(27)17-7-4-5-8-18(17)25-21(26)9-6-13-29-19-11-10-16(15-23)14-20(19)28-2/h1,4-5,7-8,10-11,14H,6,9,12-13H2,2H3,(H,24,27)(H,25,26). The van der Waals surface area contributed by atoms with E-state index in [9.17, 15) is 9.59 Å². The van der Waals surface area contributed by atoms with E-state index < -0.39 is 0 Å². The Balaban J connectivity index is 1.86. The molecule has 0 bridgehead atoms. The summed E-state index contributed by atoms with van der Waals surface area (Å²) in [5.41, 5.74) is 1.23. The molecule has 2 amide bonds. The predicted octanol–water partition coefficient (Wildman–Crippen LogP) is 2.73. The van der Waals surface area contributed by atoms with Gasteiger partial charge in [-0.25, -0.2) is 0 Å². The van der Waals surface area contributed by atoms with Crippen molar-refractivity contribution in [2.75, 3.05) is 25.6 Å². The maximum absolute atomic E-state index is 12.2. The molecule has 0 saturated heterocycles. The molecule has 0 fully saturated rings. The smallest absolute Gasteiger partial charge is 0.254 e. The molecule has 0 aliphatic heterocycles. The number of para-hydroxylation sites is 1. The van der Waals surface area contributed by atoms with Crippen molar-refractivity contribution in [2.45, 2.75) is 12.8 Å². The lowest BCUT2D eigenvalue weighted by atomic mass is 10.1. The van der Waals surface area contributed by atoms with Gasteiger partial charge in [0.2, 0.25) is 5.91 Å². The molecule has 2 rings (SSSR count). The minimum atomic E-state index is -0.352. The summed E-state index contributed by atoms with van der Waals surface area (Å²) in [5, 5.41) is 14.2. The zero-order valence-electron chi connectivity index (χ0n) is 16.0. The van der Waals surface area contributed by atoms with E-state index in [1.54, 1.807) is 42.5 Å². The van der Waals surface area contributed by atoms with Gasteiger partial charge in [0.25, 0.3) is 5.91 Å². The fourth-order valence-corrected chi connectivity index (χ4v) is 2.50. The monoisotopic (exact) mass is 391 g/mol. The van der Waals surface area contributed by atoms with Gasteiger partial charge in [-0.05, 0) is 30.7 Å². The Morgan fingerprint density at radius 2 is 1.97 bits per heavy atom. The second-order valence-electron chi connectivity index (χ2n) is 5.91. The van der Waals surface area contributed by atoms with Gasteiger partial charge in [-0.3, -0.25) is 9.59 Å². The van der Waals surface area contributed by atoms with Crippen LogP contribution in [0.25, 0.3) is 0 Å². The summed E-state index contributed by atoms with van der Waals surface area (Å²) >= 11 is 0. The van der Waals surface area contributed by atoms with Crippen molar-refractivity contribution in [3.8, 4) is 29.9 Å². The van der Waals surface area contributed by atoms with Crippen molar-refractivity contribution < 1.29 is 19.1 Å². The number of methoxy groups -OCH3 is 1. The van der Waals surface area contributed by atoms with E-state index in [2.05, 4.69) is 16.6 Å². The van der Waals surface area contributed by atoms with Gasteiger partial charge in [0.05, 0.1) is 43.1 Å². The van der Waals surface area contributed by atoms with E-state index in [0.29, 0.717) is 41.3 Å². The topological polar surface area (TPSA) is 100 Å². The Bertz CT molecular complexity index is 957. The summed E-state index contributed by atoms with van der Waals surface area (Å²) in [4.78, 5) is 24.3. The second kappa shape index (κ2) is 11.0. The van der Waals surface area contributed by atoms with Crippen molar-refractivity contribution in [3.63, 3.8) is 0 Å². The molecule has 0 radical (unpaired) electrons. The van der Waals surface area contributed by atoms with Crippen LogP contribution in [-0.2, 0) is 4.79 Å². The molecule has 0 saturated carbocycles. The van der Waals surface area contributed by atoms with Crippen molar-refractivity contribution in [2.24, 2.45) is 0 Å². The highest BCUT2D eigenvalue weighted by Crippen LogP contribution is 2.28. The lowest BCUT2D eigenvalue weighted by molar-refractivity contribution is -0.116. The molecule has 0 aliphatic carbocycles. The number of anilines is 1. The molecular weight excluding hydrogens is 370 g/mol. The quantitative estimate of drug-likeness (QED) is 0.506. The number of nitriles is 1. The number of hydrogen-bond acceptors (Lipinski definition) is 5. The van der Waals surface area contributed by atoms with Gasteiger partial charge in [-0.2, -0.15) is 5.26 Å². The van der Waals surface area contributed by atoms with Gasteiger partial charge in [0.1, 0.15) is 0 Å². The van der Waals surface area contributed by atoms with Crippen LogP contribution in [-0.4, -0.2) is 32.1 Å². The summed E-state index contributed by atoms with van der Waals surface area (Å²) in [7, 11) is 1.49. The molecular formula is C22H21N3O4. The molecule has 0 spiro atoms. The first-order valence-corrected chi connectivity index (χ1v) is 8.90. The Morgan fingerprint density at radius 3 is 2.69 bits per heavy atom. The molecule has 2 N–H and O–H groups in total. The number of amides is 2. The summed E-state index contributed by atoms with van der Waals surface area (Å²) in [5.74, 6) is 2.70.